The van der Waals surface area contributed by atoms with Crippen LogP contribution in [0.3, 0.4) is 0 Å². The predicted octanol–water partition coefficient (Wildman–Crippen LogP) is 2.51. The Morgan fingerprint density at radius 1 is 1.28 bits per heavy atom. The van der Waals surface area contributed by atoms with Gasteiger partial charge in [0.05, 0.1) is 6.61 Å². The van der Waals surface area contributed by atoms with E-state index in [4.69, 9.17) is 4.74 Å². The number of ether oxygens (including phenoxy) is 1. The summed E-state index contributed by atoms with van der Waals surface area (Å²) in [6, 6.07) is 1.32. The molecule has 2 unspecified atom stereocenters. The Balaban J connectivity index is 2.48. The molecule has 0 aliphatic carbocycles. The van der Waals surface area contributed by atoms with Crippen LogP contribution in [0.4, 0.5) is 0 Å². The molecule has 0 aromatic rings. The minimum absolute atomic E-state index is 0.595. The molecule has 1 aliphatic heterocycles. The maximum atomic E-state index is 5.55. The highest BCUT2D eigenvalue weighted by atomic mass is 16.5. The number of nitrogens with one attached hydrogen (secondary N) is 1. The van der Waals surface area contributed by atoms with Gasteiger partial charge >= 0.3 is 0 Å². The highest BCUT2D eigenvalue weighted by molar-refractivity contribution is 4.83. The molecule has 1 fully saturated rings. The van der Waals surface area contributed by atoms with E-state index in [9.17, 15) is 0 Å². The largest absolute Gasteiger partial charge is 0.381 e. The van der Waals surface area contributed by atoms with Crippen LogP contribution in [-0.2, 0) is 4.74 Å². The summed E-state index contributed by atoms with van der Waals surface area (Å²) in [5.41, 5.74) is 0. The molecule has 2 atom stereocenters. The monoisotopic (exact) mass is 256 g/mol. The standard InChI is InChI=1S/C15H32N2O/c1-5-9-16-15(13-8-10-18-12-13)11-17(4)14(6-2)7-3/h13-16H,5-12H2,1-4H3. The molecule has 0 saturated carbocycles. The van der Waals surface area contributed by atoms with Crippen LogP contribution >= 0.6 is 0 Å². The number of hydrogen-bond acceptors (Lipinski definition) is 3. The highest BCUT2D eigenvalue weighted by Crippen LogP contribution is 2.19. The molecule has 0 spiro atoms. The van der Waals surface area contributed by atoms with E-state index in [-0.39, 0.29) is 0 Å². The molecule has 1 rings (SSSR count). The second kappa shape index (κ2) is 8.89. The molecule has 0 aromatic carbocycles. The third-order valence-electron chi connectivity index (χ3n) is 4.24. The summed E-state index contributed by atoms with van der Waals surface area (Å²) in [6.07, 6.45) is 4.92. The first-order chi connectivity index (χ1) is 8.72. The van der Waals surface area contributed by atoms with Crippen molar-refractivity contribution in [3.8, 4) is 0 Å². The Labute approximate surface area is 113 Å². The maximum absolute atomic E-state index is 5.55. The Kier molecular flexibility index (Phi) is 7.87. The van der Waals surface area contributed by atoms with Crippen LogP contribution in [0.25, 0.3) is 0 Å². The Hall–Kier alpha value is -0.120. The lowest BCUT2D eigenvalue weighted by Crippen LogP contribution is -2.47. The molecule has 3 nitrogen and oxygen atoms in total. The first kappa shape index (κ1) is 15.9. The Morgan fingerprint density at radius 2 is 2.00 bits per heavy atom. The molecule has 1 N–H and O–H groups in total. The molecule has 3 heteroatoms. The lowest BCUT2D eigenvalue weighted by molar-refractivity contribution is 0.152. The van der Waals surface area contributed by atoms with Gasteiger partial charge in [-0.2, -0.15) is 0 Å². The molecule has 1 saturated heterocycles. The van der Waals surface area contributed by atoms with Crippen molar-refractivity contribution in [3.05, 3.63) is 0 Å². The molecule has 0 radical (unpaired) electrons. The van der Waals surface area contributed by atoms with Crippen LogP contribution in [0.15, 0.2) is 0 Å². The molecule has 1 aliphatic rings. The topological polar surface area (TPSA) is 24.5 Å². The summed E-state index contributed by atoms with van der Waals surface area (Å²) in [5.74, 6) is 0.702. The van der Waals surface area contributed by atoms with E-state index in [0.717, 1.165) is 32.3 Å². The minimum atomic E-state index is 0.595. The van der Waals surface area contributed by atoms with Gasteiger partial charge in [-0.25, -0.2) is 0 Å². The molecule has 1 heterocycles. The summed E-state index contributed by atoms with van der Waals surface area (Å²) in [7, 11) is 2.27. The van der Waals surface area contributed by atoms with Crippen molar-refractivity contribution in [1.29, 1.82) is 0 Å². The molecule has 108 valence electrons. The van der Waals surface area contributed by atoms with E-state index in [1.54, 1.807) is 0 Å². The average Bonchev–Trinajstić information content (AvgIpc) is 2.89. The predicted molar refractivity (Wildman–Crippen MR) is 78.0 cm³/mol. The van der Waals surface area contributed by atoms with Crippen molar-refractivity contribution in [3.63, 3.8) is 0 Å². The molecule has 18 heavy (non-hydrogen) atoms. The van der Waals surface area contributed by atoms with Crippen LogP contribution in [0.5, 0.6) is 0 Å². The second-order valence-electron chi connectivity index (χ2n) is 5.59. The normalized spacial score (nSPS) is 22.0. The van der Waals surface area contributed by atoms with E-state index in [1.165, 1.54) is 25.7 Å². The quantitative estimate of drug-likeness (QED) is 0.686. The van der Waals surface area contributed by atoms with Crippen molar-refractivity contribution in [2.24, 2.45) is 5.92 Å². The van der Waals surface area contributed by atoms with Gasteiger partial charge in [0.2, 0.25) is 0 Å². The number of nitrogens with zero attached hydrogens (tertiary/aromatic N) is 1. The summed E-state index contributed by atoms with van der Waals surface area (Å²) in [5, 5.41) is 3.72. The summed E-state index contributed by atoms with van der Waals surface area (Å²) < 4.78 is 5.55. The number of rotatable bonds is 9. The molecule has 0 amide bonds. The summed E-state index contributed by atoms with van der Waals surface area (Å²) >= 11 is 0. The van der Waals surface area contributed by atoms with Crippen molar-refractivity contribution >= 4 is 0 Å². The van der Waals surface area contributed by atoms with Crippen LogP contribution in [0.1, 0.15) is 46.5 Å². The summed E-state index contributed by atoms with van der Waals surface area (Å²) in [4.78, 5) is 2.53. The van der Waals surface area contributed by atoms with Gasteiger partial charge in [0.25, 0.3) is 0 Å². The molecular formula is C15H32N2O. The average molecular weight is 256 g/mol. The molecule has 0 aromatic heterocycles. The number of hydrogen-bond donors (Lipinski definition) is 1. The van der Waals surface area contributed by atoms with E-state index < -0.39 is 0 Å². The van der Waals surface area contributed by atoms with E-state index >= 15 is 0 Å². The van der Waals surface area contributed by atoms with Gasteiger partial charge in [-0.3, -0.25) is 0 Å². The van der Waals surface area contributed by atoms with Gasteiger partial charge in [-0.1, -0.05) is 20.8 Å². The van der Waals surface area contributed by atoms with Gasteiger partial charge in [0, 0.05) is 31.2 Å². The van der Waals surface area contributed by atoms with E-state index in [0.29, 0.717) is 12.0 Å². The van der Waals surface area contributed by atoms with Crippen LogP contribution < -0.4 is 5.32 Å². The van der Waals surface area contributed by atoms with Gasteiger partial charge in [-0.15, -0.1) is 0 Å². The highest BCUT2D eigenvalue weighted by Gasteiger charge is 2.27. The molecule has 0 bridgehead atoms. The second-order valence-corrected chi connectivity index (χ2v) is 5.59. The molecular weight excluding hydrogens is 224 g/mol. The van der Waals surface area contributed by atoms with E-state index in [1.807, 2.05) is 0 Å². The minimum Gasteiger partial charge on any atom is -0.381 e. The first-order valence-corrected chi connectivity index (χ1v) is 7.74. The van der Waals surface area contributed by atoms with Gasteiger partial charge < -0.3 is 15.0 Å². The maximum Gasteiger partial charge on any atom is 0.0510 e. The fraction of sp³-hybridized carbons (Fsp3) is 1.00. The van der Waals surface area contributed by atoms with Crippen LogP contribution in [0.2, 0.25) is 0 Å². The van der Waals surface area contributed by atoms with Gasteiger partial charge in [0.15, 0.2) is 0 Å². The summed E-state index contributed by atoms with van der Waals surface area (Å²) in [6.45, 7) is 11.0. The smallest absolute Gasteiger partial charge is 0.0510 e. The van der Waals surface area contributed by atoms with Crippen LogP contribution in [-0.4, -0.2) is 50.3 Å². The lowest BCUT2D eigenvalue weighted by Gasteiger charge is -2.33. The Bertz CT molecular complexity index is 201. The van der Waals surface area contributed by atoms with Crippen LogP contribution in [0, 0.1) is 5.92 Å². The third kappa shape index (κ3) is 4.87. The fourth-order valence-electron chi connectivity index (χ4n) is 2.95. The van der Waals surface area contributed by atoms with Gasteiger partial charge in [-0.05, 0) is 39.3 Å². The van der Waals surface area contributed by atoms with Gasteiger partial charge in [0.1, 0.15) is 0 Å². The zero-order valence-electron chi connectivity index (χ0n) is 12.7. The van der Waals surface area contributed by atoms with Crippen molar-refractivity contribution in [2.45, 2.75) is 58.5 Å². The van der Waals surface area contributed by atoms with Crippen molar-refractivity contribution in [2.75, 3.05) is 33.4 Å². The zero-order valence-corrected chi connectivity index (χ0v) is 12.7. The van der Waals surface area contributed by atoms with Crippen molar-refractivity contribution < 1.29 is 4.74 Å². The third-order valence-corrected chi connectivity index (χ3v) is 4.24. The SMILES string of the molecule is CCCNC(CN(C)C(CC)CC)C1CCOC1. The fourth-order valence-corrected chi connectivity index (χ4v) is 2.95. The Morgan fingerprint density at radius 3 is 2.50 bits per heavy atom. The van der Waals surface area contributed by atoms with Crippen molar-refractivity contribution in [1.82, 2.24) is 10.2 Å². The number of likely N-dealkylation sites (N-methyl/N-ethyl adjacent to an activating group) is 1. The lowest BCUT2D eigenvalue weighted by atomic mass is 9.97. The first-order valence-electron chi connectivity index (χ1n) is 7.74. The zero-order chi connectivity index (χ0) is 13.4. The van der Waals surface area contributed by atoms with E-state index in [2.05, 4.69) is 38.0 Å².